The molecule has 2 saturated carbocycles. The van der Waals surface area contributed by atoms with Crippen molar-refractivity contribution in [2.45, 2.75) is 57.9 Å². The fraction of sp³-hybridized carbons (Fsp3) is 0.650. The summed E-state index contributed by atoms with van der Waals surface area (Å²) in [4.78, 5) is 12.9. The third kappa shape index (κ3) is 2.41. The lowest BCUT2D eigenvalue weighted by Crippen LogP contribution is -2.53. The number of hydrogen-bond acceptors (Lipinski definition) is 3. The van der Waals surface area contributed by atoms with Gasteiger partial charge in [-0.1, -0.05) is 51.1 Å². The maximum absolute atomic E-state index is 14.0. The molecule has 6 heteroatoms. The molecule has 0 radical (unpaired) electrons. The number of fused-ring (bicyclic) bond motifs is 2. The van der Waals surface area contributed by atoms with Crippen molar-refractivity contribution in [2.24, 2.45) is 16.7 Å². The molecule has 2 aliphatic rings. The van der Waals surface area contributed by atoms with Crippen LogP contribution in [0.1, 0.15) is 45.6 Å². The van der Waals surface area contributed by atoms with Gasteiger partial charge >= 0.3 is 12.1 Å². The lowest BCUT2D eigenvalue weighted by atomic mass is 9.70. The van der Waals surface area contributed by atoms with Crippen LogP contribution in [0.25, 0.3) is 0 Å². The van der Waals surface area contributed by atoms with Crippen molar-refractivity contribution in [3.8, 4) is 0 Å². The van der Waals surface area contributed by atoms with Crippen molar-refractivity contribution >= 4 is 5.97 Å². The molecule has 0 heterocycles. The smallest absolute Gasteiger partial charge is 0.432 e. The van der Waals surface area contributed by atoms with Crippen LogP contribution in [0.2, 0.25) is 0 Å². The largest absolute Gasteiger partial charge is 0.459 e. The first-order valence-electron chi connectivity index (χ1n) is 8.89. The maximum Gasteiger partial charge on any atom is 0.432 e. The number of rotatable bonds is 4. The number of esters is 1. The van der Waals surface area contributed by atoms with Crippen LogP contribution in [0.4, 0.5) is 13.2 Å². The highest BCUT2D eigenvalue weighted by Gasteiger charge is 2.67. The van der Waals surface area contributed by atoms with Crippen LogP contribution >= 0.6 is 0 Å². The van der Waals surface area contributed by atoms with Crippen LogP contribution in [-0.4, -0.2) is 25.4 Å². The molecule has 1 aromatic carbocycles. The van der Waals surface area contributed by atoms with E-state index in [1.807, 2.05) is 6.92 Å². The Hall–Kier alpha value is -1.56. The Morgan fingerprint density at radius 1 is 1.15 bits per heavy atom. The summed E-state index contributed by atoms with van der Waals surface area (Å²) in [5.41, 5.74) is -3.78. The van der Waals surface area contributed by atoms with Gasteiger partial charge in [0.1, 0.15) is 6.10 Å². The second kappa shape index (κ2) is 5.98. The van der Waals surface area contributed by atoms with E-state index < -0.39 is 23.9 Å². The van der Waals surface area contributed by atoms with Crippen molar-refractivity contribution in [1.29, 1.82) is 0 Å². The SMILES string of the molecule is CO[C@](C(=O)O[C@@H]1CC2CC[C@@]1(C)C2(C)C)(c1ccccc1)C(F)(F)F. The Morgan fingerprint density at radius 2 is 1.77 bits per heavy atom. The standard InChI is InChI=1S/C20H25F3O3/c1-17(2)14-10-11-18(17,3)15(12-14)26-16(24)19(25-4,20(21,22)23)13-8-6-5-7-9-13/h5-9,14-15H,10-12H2,1-4H3/t14?,15-,18-,19+/m1/s1. The lowest BCUT2D eigenvalue weighted by molar-refractivity contribution is -0.280. The summed E-state index contributed by atoms with van der Waals surface area (Å²) >= 11 is 0. The Labute approximate surface area is 151 Å². The fourth-order valence-electron chi connectivity index (χ4n) is 4.91. The summed E-state index contributed by atoms with van der Waals surface area (Å²) in [6.07, 6.45) is -3.01. The van der Waals surface area contributed by atoms with Crippen molar-refractivity contribution in [1.82, 2.24) is 0 Å². The number of alkyl halides is 3. The van der Waals surface area contributed by atoms with Crippen molar-refractivity contribution in [2.75, 3.05) is 7.11 Å². The highest BCUT2D eigenvalue weighted by molar-refractivity contribution is 5.83. The van der Waals surface area contributed by atoms with Crippen molar-refractivity contribution < 1.29 is 27.4 Å². The molecule has 2 aliphatic carbocycles. The number of hydrogen-bond donors (Lipinski definition) is 0. The zero-order valence-electron chi connectivity index (χ0n) is 15.5. The first kappa shape index (κ1) is 19.2. The predicted octanol–water partition coefficient (Wildman–Crippen LogP) is 4.85. The topological polar surface area (TPSA) is 35.5 Å². The Morgan fingerprint density at radius 3 is 2.19 bits per heavy atom. The number of benzene rings is 1. The highest BCUT2D eigenvalue weighted by atomic mass is 19.4. The quantitative estimate of drug-likeness (QED) is 0.711. The molecule has 2 fully saturated rings. The number of carbonyl (C=O) groups is 1. The van der Waals surface area contributed by atoms with Crippen LogP contribution < -0.4 is 0 Å². The summed E-state index contributed by atoms with van der Waals surface area (Å²) in [7, 11) is 0.897. The van der Waals surface area contributed by atoms with Gasteiger partial charge in [0.25, 0.3) is 5.60 Å². The summed E-state index contributed by atoms with van der Waals surface area (Å²) in [5.74, 6) is -1.03. The maximum atomic E-state index is 14.0. The van der Waals surface area contributed by atoms with Gasteiger partial charge in [-0.05, 0) is 30.6 Å². The molecular formula is C20H25F3O3. The normalized spacial score (nSPS) is 32.3. The van der Waals surface area contributed by atoms with Gasteiger partial charge in [-0.3, -0.25) is 0 Å². The first-order valence-corrected chi connectivity index (χ1v) is 8.89. The van der Waals surface area contributed by atoms with Gasteiger partial charge in [0, 0.05) is 18.1 Å². The summed E-state index contributed by atoms with van der Waals surface area (Å²) in [5, 5.41) is 0. The second-order valence-corrected chi connectivity index (χ2v) is 8.25. The number of methoxy groups -OCH3 is 1. The molecule has 3 nitrogen and oxygen atoms in total. The molecule has 3 rings (SSSR count). The van der Waals surface area contributed by atoms with E-state index in [2.05, 4.69) is 13.8 Å². The van der Waals surface area contributed by atoms with E-state index in [0.717, 1.165) is 20.0 Å². The van der Waals surface area contributed by atoms with Gasteiger partial charge in [0.15, 0.2) is 0 Å². The van der Waals surface area contributed by atoms with Crippen LogP contribution in [0.15, 0.2) is 30.3 Å². The van der Waals surface area contributed by atoms with Crippen LogP contribution in [-0.2, 0) is 19.9 Å². The molecule has 0 amide bonds. The zero-order valence-corrected chi connectivity index (χ0v) is 15.5. The van der Waals surface area contributed by atoms with Crippen molar-refractivity contribution in [3.63, 3.8) is 0 Å². The summed E-state index contributed by atoms with van der Waals surface area (Å²) < 4.78 is 52.3. The monoisotopic (exact) mass is 370 g/mol. The van der Waals surface area contributed by atoms with Crippen LogP contribution in [0.5, 0.6) is 0 Å². The molecule has 0 N–H and O–H groups in total. The third-order valence-electron chi connectivity index (χ3n) is 7.14. The number of ether oxygens (including phenoxy) is 2. The molecule has 0 aromatic heterocycles. The van der Waals surface area contributed by atoms with E-state index in [4.69, 9.17) is 9.47 Å². The molecule has 1 unspecified atom stereocenters. The van der Waals surface area contributed by atoms with Crippen molar-refractivity contribution in [3.05, 3.63) is 35.9 Å². The average Bonchev–Trinajstić information content (AvgIpc) is 2.89. The molecule has 0 spiro atoms. The van der Waals surface area contributed by atoms with E-state index in [1.165, 1.54) is 24.3 Å². The van der Waals surface area contributed by atoms with Gasteiger partial charge < -0.3 is 9.47 Å². The van der Waals surface area contributed by atoms with E-state index in [1.54, 1.807) is 6.07 Å². The molecular weight excluding hydrogens is 345 g/mol. The molecule has 26 heavy (non-hydrogen) atoms. The zero-order chi connectivity index (χ0) is 19.4. The minimum Gasteiger partial charge on any atom is -0.459 e. The molecule has 144 valence electrons. The summed E-state index contributed by atoms with van der Waals surface area (Å²) in [6.45, 7) is 6.24. The van der Waals surface area contributed by atoms with E-state index >= 15 is 0 Å². The van der Waals surface area contributed by atoms with Gasteiger partial charge in [-0.25, -0.2) is 4.79 Å². The average molecular weight is 370 g/mol. The van der Waals surface area contributed by atoms with Gasteiger partial charge in [-0.2, -0.15) is 13.2 Å². The minimum absolute atomic E-state index is 0.0708. The third-order valence-corrected chi connectivity index (χ3v) is 7.14. The van der Waals surface area contributed by atoms with Gasteiger partial charge in [0.05, 0.1) is 0 Å². The second-order valence-electron chi connectivity index (χ2n) is 8.25. The molecule has 2 bridgehead atoms. The Bertz CT molecular complexity index is 685. The van der Waals surface area contributed by atoms with Crippen LogP contribution in [0.3, 0.4) is 0 Å². The van der Waals surface area contributed by atoms with Gasteiger partial charge in [-0.15, -0.1) is 0 Å². The Balaban J connectivity index is 1.96. The fourth-order valence-corrected chi connectivity index (χ4v) is 4.91. The van der Waals surface area contributed by atoms with E-state index in [-0.39, 0.29) is 16.4 Å². The highest BCUT2D eigenvalue weighted by Crippen LogP contribution is 2.66. The van der Waals surface area contributed by atoms with E-state index in [9.17, 15) is 18.0 Å². The van der Waals surface area contributed by atoms with E-state index in [0.29, 0.717) is 12.3 Å². The number of halogens is 3. The Kier molecular flexibility index (Phi) is 4.42. The molecule has 0 aliphatic heterocycles. The van der Waals surface area contributed by atoms with Gasteiger partial charge in [0.2, 0.25) is 0 Å². The lowest BCUT2D eigenvalue weighted by Gasteiger charge is -2.40. The van der Waals surface area contributed by atoms with Crippen LogP contribution in [0, 0.1) is 16.7 Å². The first-order chi connectivity index (χ1) is 12.0. The summed E-state index contributed by atoms with van der Waals surface area (Å²) in [6, 6.07) is 6.97. The molecule has 4 atom stereocenters. The number of carbonyl (C=O) groups excluding carboxylic acids is 1. The minimum atomic E-state index is -4.94. The molecule has 0 saturated heterocycles. The molecule has 1 aromatic rings. The predicted molar refractivity (Wildman–Crippen MR) is 90.3 cm³/mol.